The molecular formula is C20H17N5O3. The average Bonchev–Trinajstić information content (AvgIpc) is 2.71. The molecule has 1 aromatic heterocycles. The van der Waals surface area contributed by atoms with E-state index in [0.717, 1.165) is 0 Å². The highest BCUT2D eigenvalue weighted by atomic mass is 16.5. The van der Waals surface area contributed by atoms with Gasteiger partial charge in [-0.3, -0.25) is 9.78 Å². The number of nitrogens with one attached hydrogen (secondary N) is 2. The summed E-state index contributed by atoms with van der Waals surface area (Å²) < 4.78 is 5.33. The number of phenolic OH excluding ortho intramolecular Hbond substituents is 1. The molecule has 3 rings (SSSR count). The number of benzene rings is 2. The minimum Gasteiger partial charge on any atom is -0.504 e. The summed E-state index contributed by atoms with van der Waals surface area (Å²) in [4.78, 5) is 19.0. The van der Waals surface area contributed by atoms with Gasteiger partial charge in [0.15, 0.2) is 11.5 Å². The maximum atomic E-state index is 12.2. The number of phenols is 1. The second-order valence-electron chi connectivity index (χ2n) is 5.61. The fourth-order valence-corrected chi connectivity index (χ4v) is 2.51. The molecule has 28 heavy (non-hydrogen) atoms. The second kappa shape index (κ2) is 8.51. The van der Waals surface area contributed by atoms with Crippen molar-refractivity contribution >= 4 is 12.2 Å². The van der Waals surface area contributed by atoms with E-state index in [9.17, 15) is 15.2 Å². The summed E-state index contributed by atoms with van der Waals surface area (Å²) in [5.74, 6) is 0.378. The molecule has 140 valence electrons. The Labute approximate surface area is 160 Å². The first-order valence-electron chi connectivity index (χ1n) is 8.47. The lowest BCUT2D eigenvalue weighted by Gasteiger charge is -2.07. The van der Waals surface area contributed by atoms with Gasteiger partial charge in [-0.25, -0.2) is 10.4 Å². The van der Waals surface area contributed by atoms with Gasteiger partial charge in [0.05, 0.1) is 18.5 Å². The van der Waals surface area contributed by atoms with Crippen molar-refractivity contribution in [3.63, 3.8) is 0 Å². The van der Waals surface area contributed by atoms with Crippen molar-refractivity contribution in [3.05, 3.63) is 70.0 Å². The third-order valence-corrected chi connectivity index (χ3v) is 3.78. The van der Waals surface area contributed by atoms with Gasteiger partial charge in [-0.1, -0.05) is 36.4 Å². The Bertz CT molecular complexity index is 1100. The van der Waals surface area contributed by atoms with Crippen LogP contribution in [-0.4, -0.2) is 27.9 Å². The van der Waals surface area contributed by atoms with Gasteiger partial charge in [0.2, 0.25) is 5.95 Å². The summed E-state index contributed by atoms with van der Waals surface area (Å²) >= 11 is 0. The van der Waals surface area contributed by atoms with Gasteiger partial charge in [0, 0.05) is 11.1 Å². The number of aromatic hydroxyl groups is 1. The van der Waals surface area contributed by atoms with E-state index in [1.807, 2.05) is 19.1 Å². The quantitative estimate of drug-likeness (QED) is 0.450. The molecule has 0 aliphatic rings. The summed E-state index contributed by atoms with van der Waals surface area (Å²) in [7, 11) is 0. The third kappa shape index (κ3) is 3.99. The number of aromatic nitrogens is 2. The zero-order chi connectivity index (χ0) is 19.9. The Hall–Kier alpha value is -4.12. The van der Waals surface area contributed by atoms with E-state index >= 15 is 0 Å². The molecule has 0 saturated carbocycles. The van der Waals surface area contributed by atoms with E-state index < -0.39 is 5.56 Å². The molecule has 8 heteroatoms. The van der Waals surface area contributed by atoms with Crippen LogP contribution in [-0.2, 0) is 0 Å². The molecule has 0 saturated heterocycles. The van der Waals surface area contributed by atoms with Gasteiger partial charge >= 0.3 is 0 Å². The van der Waals surface area contributed by atoms with Crippen molar-refractivity contribution in [3.8, 4) is 28.8 Å². The molecule has 0 aliphatic heterocycles. The van der Waals surface area contributed by atoms with Gasteiger partial charge in [0.1, 0.15) is 11.6 Å². The van der Waals surface area contributed by atoms with Gasteiger partial charge in [0.25, 0.3) is 5.56 Å². The van der Waals surface area contributed by atoms with Crippen LogP contribution in [0.2, 0.25) is 0 Å². The van der Waals surface area contributed by atoms with Crippen molar-refractivity contribution in [2.24, 2.45) is 5.10 Å². The lowest BCUT2D eigenvalue weighted by Crippen LogP contribution is -2.16. The number of para-hydroxylation sites is 1. The highest BCUT2D eigenvalue weighted by Crippen LogP contribution is 2.28. The molecule has 0 atom stereocenters. The molecular weight excluding hydrogens is 358 g/mol. The number of hydrogen-bond acceptors (Lipinski definition) is 7. The first-order chi connectivity index (χ1) is 13.6. The number of ether oxygens (including phenoxy) is 1. The third-order valence-electron chi connectivity index (χ3n) is 3.78. The molecule has 0 aliphatic carbocycles. The van der Waals surface area contributed by atoms with Crippen LogP contribution in [0, 0.1) is 11.3 Å². The summed E-state index contributed by atoms with van der Waals surface area (Å²) in [6.07, 6.45) is 1.37. The Morgan fingerprint density at radius 3 is 2.79 bits per heavy atom. The fraction of sp³-hybridized carbons (Fsp3) is 0.100. The average molecular weight is 375 g/mol. The van der Waals surface area contributed by atoms with Crippen LogP contribution in [0.25, 0.3) is 11.3 Å². The topological polar surface area (TPSA) is 123 Å². The molecule has 1 heterocycles. The van der Waals surface area contributed by atoms with Crippen molar-refractivity contribution < 1.29 is 9.84 Å². The first kappa shape index (κ1) is 18.7. The van der Waals surface area contributed by atoms with Gasteiger partial charge in [-0.15, -0.1) is 0 Å². The van der Waals surface area contributed by atoms with Crippen LogP contribution in [0.4, 0.5) is 5.95 Å². The first-order valence-corrected chi connectivity index (χ1v) is 8.47. The smallest absolute Gasteiger partial charge is 0.270 e. The fourth-order valence-electron chi connectivity index (χ4n) is 2.51. The van der Waals surface area contributed by atoms with E-state index in [1.165, 1.54) is 6.21 Å². The number of rotatable bonds is 6. The van der Waals surface area contributed by atoms with E-state index in [4.69, 9.17) is 4.74 Å². The van der Waals surface area contributed by atoms with Crippen molar-refractivity contribution in [2.75, 3.05) is 12.0 Å². The Balaban J connectivity index is 1.89. The SMILES string of the molecule is CCOc1cccc(C=NNc2nc(-c3ccccc3)c(C#N)c(=O)[nH]2)c1O. The normalized spacial score (nSPS) is 10.6. The standard InChI is InChI=1S/C20H17N5O3/c1-2-28-16-10-6-9-14(18(16)26)12-22-25-20-23-17(13-7-4-3-5-8-13)15(11-21)19(27)24-20/h3-10,12,26H,2H2,1H3,(H2,23,24,25,27). The predicted octanol–water partition coefficient (Wildman–Crippen LogP) is 2.86. The molecule has 3 aromatic rings. The molecule has 8 nitrogen and oxygen atoms in total. The number of H-pyrrole nitrogens is 1. The number of nitrogens with zero attached hydrogens (tertiary/aromatic N) is 3. The largest absolute Gasteiger partial charge is 0.504 e. The van der Waals surface area contributed by atoms with Crippen molar-refractivity contribution in [1.29, 1.82) is 5.26 Å². The van der Waals surface area contributed by atoms with E-state index in [0.29, 0.717) is 23.5 Å². The molecule has 3 N–H and O–H groups in total. The lowest BCUT2D eigenvalue weighted by molar-refractivity contribution is 0.318. The van der Waals surface area contributed by atoms with Crippen LogP contribution in [0.3, 0.4) is 0 Å². The maximum absolute atomic E-state index is 12.2. The molecule has 0 bridgehead atoms. The zero-order valence-corrected chi connectivity index (χ0v) is 15.0. The second-order valence-corrected chi connectivity index (χ2v) is 5.61. The summed E-state index contributed by atoms with van der Waals surface area (Å²) in [5.41, 5.74) is 3.28. The van der Waals surface area contributed by atoms with Crippen LogP contribution < -0.4 is 15.7 Å². The molecule has 0 spiro atoms. The number of nitriles is 1. The molecule has 0 radical (unpaired) electrons. The number of hydrazone groups is 1. The minimum absolute atomic E-state index is 0.0406. The number of anilines is 1. The highest BCUT2D eigenvalue weighted by molar-refractivity contribution is 5.85. The van der Waals surface area contributed by atoms with Crippen LogP contribution in [0.1, 0.15) is 18.1 Å². The predicted molar refractivity (Wildman–Crippen MR) is 106 cm³/mol. The monoisotopic (exact) mass is 375 g/mol. The summed E-state index contributed by atoms with van der Waals surface area (Å²) in [6, 6.07) is 15.8. The highest BCUT2D eigenvalue weighted by Gasteiger charge is 2.13. The van der Waals surface area contributed by atoms with Crippen LogP contribution >= 0.6 is 0 Å². The molecule has 0 amide bonds. The Morgan fingerprint density at radius 1 is 1.29 bits per heavy atom. The van der Waals surface area contributed by atoms with Gasteiger partial charge < -0.3 is 9.84 Å². The van der Waals surface area contributed by atoms with Crippen LogP contribution in [0.5, 0.6) is 11.5 Å². The van der Waals surface area contributed by atoms with E-state index in [1.54, 1.807) is 42.5 Å². The Kier molecular flexibility index (Phi) is 5.67. The minimum atomic E-state index is -0.574. The number of aromatic amines is 1. The molecule has 2 aromatic carbocycles. The summed E-state index contributed by atoms with van der Waals surface area (Å²) in [6.45, 7) is 2.24. The van der Waals surface area contributed by atoms with Gasteiger partial charge in [-0.05, 0) is 19.1 Å². The lowest BCUT2D eigenvalue weighted by atomic mass is 10.1. The van der Waals surface area contributed by atoms with Gasteiger partial charge in [-0.2, -0.15) is 10.4 Å². The molecule has 0 fully saturated rings. The summed E-state index contributed by atoms with van der Waals surface area (Å²) in [5, 5.41) is 23.4. The van der Waals surface area contributed by atoms with E-state index in [-0.39, 0.29) is 23.0 Å². The number of hydrogen-bond donors (Lipinski definition) is 3. The zero-order valence-electron chi connectivity index (χ0n) is 15.0. The maximum Gasteiger partial charge on any atom is 0.270 e. The Morgan fingerprint density at radius 2 is 2.07 bits per heavy atom. The van der Waals surface area contributed by atoms with E-state index in [2.05, 4.69) is 20.5 Å². The van der Waals surface area contributed by atoms with Crippen molar-refractivity contribution in [1.82, 2.24) is 9.97 Å². The van der Waals surface area contributed by atoms with Crippen molar-refractivity contribution in [2.45, 2.75) is 6.92 Å². The molecule has 0 unspecified atom stereocenters. The van der Waals surface area contributed by atoms with Crippen LogP contribution in [0.15, 0.2) is 58.4 Å².